The Morgan fingerprint density at radius 3 is 2.76 bits per heavy atom. The summed E-state index contributed by atoms with van der Waals surface area (Å²) in [7, 11) is 0. The molecule has 0 saturated carbocycles. The van der Waals surface area contributed by atoms with E-state index in [4.69, 9.17) is 5.73 Å². The maximum atomic E-state index is 11.8. The van der Waals surface area contributed by atoms with Crippen molar-refractivity contribution in [3.05, 3.63) is 38.9 Å². The lowest BCUT2D eigenvalue weighted by molar-refractivity contribution is 0.102. The third kappa shape index (κ3) is 2.86. The van der Waals surface area contributed by atoms with Crippen molar-refractivity contribution in [1.29, 1.82) is 0 Å². The number of carbonyl (C=O) groups is 1. The third-order valence-corrected chi connectivity index (χ3v) is 3.20. The van der Waals surface area contributed by atoms with E-state index in [1.165, 1.54) is 6.07 Å². The molecular weight excluding hydrogens is 352 g/mol. The van der Waals surface area contributed by atoms with Gasteiger partial charge in [0.05, 0.1) is 5.69 Å². The SMILES string of the molecule is Nc1cc(C(=O)Nc2cc(Br)ccc2Br)[nH]n1. The molecule has 0 fully saturated rings. The first-order valence-corrected chi connectivity index (χ1v) is 6.22. The second-order valence-corrected chi connectivity index (χ2v) is 5.05. The van der Waals surface area contributed by atoms with Crippen LogP contribution in [0.4, 0.5) is 11.5 Å². The first-order chi connectivity index (χ1) is 8.06. The number of nitrogens with zero attached hydrogens (tertiary/aromatic N) is 1. The number of halogens is 2. The predicted molar refractivity (Wildman–Crippen MR) is 72.8 cm³/mol. The molecule has 0 atom stereocenters. The molecule has 0 saturated heterocycles. The van der Waals surface area contributed by atoms with Crippen molar-refractivity contribution in [2.24, 2.45) is 0 Å². The maximum absolute atomic E-state index is 11.8. The van der Waals surface area contributed by atoms with Crippen molar-refractivity contribution in [3.63, 3.8) is 0 Å². The van der Waals surface area contributed by atoms with Crippen LogP contribution in [0.25, 0.3) is 0 Å². The minimum atomic E-state index is -0.298. The molecule has 0 radical (unpaired) electrons. The van der Waals surface area contributed by atoms with Gasteiger partial charge in [0.2, 0.25) is 0 Å². The lowest BCUT2D eigenvalue weighted by Crippen LogP contribution is -2.12. The van der Waals surface area contributed by atoms with E-state index < -0.39 is 0 Å². The predicted octanol–water partition coefficient (Wildman–Crippen LogP) is 2.77. The first-order valence-electron chi connectivity index (χ1n) is 4.63. The molecule has 1 heterocycles. The Morgan fingerprint density at radius 2 is 2.12 bits per heavy atom. The zero-order valence-corrected chi connectivity index (χ0v) is 11.7. The minimum Gasteiger partial charge on any atom is -0.382 e. The van der Waals surface area contributed by atoms with Crippen LogP contribution in [-0.2, 0) is 0 Å². The molecule has 5 nitrogen and oxygen atoms in total. The van der Waals surface area contributed by atoms with Crippen molar-refractivity contribution in [2.45, 2.75) is 0 Å². The minimum absolute atomic E-state index is 0.281. The van der Waals surface area contributed by atoms with Crippen LogP contribution in [0, 0.1) is 0 Å². The van der Waals surface area contributed by atoms with Crippen molar-refractivity contribution in [1.82, 2.24) is 10.2 Å². The van der Waals surface area contributed by atoms with Crippen LogP contribution < -0.4 is 11.1 Å². The molecule has 1 aromatic heterocycles. The Bertz CT molecular complexity index is 567. The maximum Gasteiger partial charge on any atom is 0.273 e. The molecule has 0 unspecified atom stereocenters. The largest absolute Gasteiger partial charge is 0.382 e. The van der Waals surface area contributed by atoms with Gasteiger partial charge in [-0.15, -0.1) is 0 Å². The number of carbonyl (C=O) groups excluding carboxylic acids is 1. The number of aromatic nitrogens is 2. The molecule has 0 bridgehead atoms. The molecule has 0 aliphatic heterocycles. The zero-order chi connectivity index (χ0) is 12.4. The number of rotatable bonds is 2. The number of amides is 1. The van der Waals surface area contributed by atoms with Crippen molar-refractivity contribution < 1.29 is 4.79 Å². The Morgan fingerprint density at radius 1 is 1.35 bits per heavy atom. The quantitative estimate of drug-likeness (QED) is 0.770. The van der Waals surface area contributed by atoms with Crippen molar-refractivity contribution in [3.8, 4) is 0 Å². The highest BCUT2D eigenvalue weighted by Gasteiger charge is 2.10. The molecule has 4 N–H and O–H groups in total. The zero-order valence-electron chi connectivity index (χ0n) is 8.50. The second-order valence-electron chi connectivity index (χ2n) is 3.28. The number of nitrogens with two attached hydrogens (primary N) is 1. The molecule has 0 spiro atoms. The fraction of sp³-hybridized carbons (Fsp3) is 0. The summed E-state index contributed by atoms with van der Waals surface area (Å²) in [5.74, 6) is -0.0172. The van der Waals surface area contributed by atoms with Crippen LogP contribution in [-0.4, -0.2) is 16.1 Å². The number of H-pyrrole nitrogens is 1. The van der Waals surface area contributed by atoms with Gasteiger partial charge in [-0.25, -0.2) is 0 Å². The number of anilines is 2. The Balaban J connectivity index is 2.21. The number of hydrogen-bond donors (Lipinski definition) is 3. The molecule has 17 heavy (non-hydrogen) atoms. The van der Waals surface area contributed by atoms with Crippen LogP contribution in [0.5, 0.6) is 0 Å². The van der Waals surface area contributed by atoms with Gasteiger partial charge < -0.3 is 11.1 Å². The van der Waals surface area contributed by atoms with Crippen LogP contribution in [0.3, 0.4) is 0 Å². The molecule has 1 amide bonds. The molecule has 7 heteroatoms. The monoisotopic (exact) mass is 358 g/mol. The van der Waals surface area contributed by atoms with E-state index in [0.29, 0.717) is 11.4 Å². The summed E-state index contributed by atoms with van der Waals surface area (Å²) >= 11 is 6.68. The summed E-state index contributed by atoms with van der Waals surface area (Å²) < 4.78 is 1.67. The highest BCUT2D eigenvalue weighted by atomic mass is 79.9. The van der Waals surface area contributed by atoms with E-state index in [1.54, 1.807) is 6.07 Å². The van der Waals surface area contributed by atoms with Gasteiger partial charge in [-0.05, 0) is 34.1 Å². The summed E-state index contributed by atoms with van der Waals surface area (Å²) in [6.45, 7) is 0. The molecule has 0 aliphatic rings. The van der Waals surface area contributed by atoms with Crippen LogP contribution in [0.15, 0.2) is 33.2 Å². The third-order valence-electron chi connectivity index (χ3n) is 2.02. The van der Waals surface area contributed by atoms with Gasteiger partial charge >= 0.3 is 0 Å². The van der Waals surface area contributed by atoms with Gasteiger partial charge in [0.15, 0.2) is 0 Å². The number of nitrogen functional groups attached to an aromatic ring is 1. The summed E-state index contributed by atoms with van der Waals surface area (Å²) in [6, 6.07) is 6.97. The smallest absolute Gasteiger partial charge is 0.273 e. The summed E-state index contributed by atoms with van der Waals surface area (Å²) in [6.07, 6.45) is 0. The highest BCUT2D eigenvalue weighted by Crippen LogP contribution is 2.26. The summed E-state index contributed by atoms with van der Waals surface area (Å²) in [5, 5.41) is 8.97. The van der Waals surface area contributed by atoms with Crippen LogP contribution in [0.1, 0.15) is 10.5 Å². The molecule has 0 aliphatic carbocycles. The van der Waals surface area contributed by atoms with Gasteiger partial charge in [-0.3, -0.25) is 9.89 Å². The van der Waals surface area contributed by atoms with E-state index in [9.17, 15) is 4.79 Å². The Kier molecular flexibility index (Phi) is 3.49. The van der Waals surface area contributed by atoms with E-state index in [1.807, 2.05) is 12.1 Å². The normalized spacial score (nSPS) is 10.2. The van der Waals surface area contributed by atoms with E-state index in [2.05, 4.69) is 47.4 Å². The second kappa shape index (κ2) is 4.89. The van der Waals surface area contributed by atoms with E-state index in [0.717, 1.165) is 8.95 Å². The van der Waals surface area contributed by atoms with E-state index >= 15 is 0 Å². The standard InChI is InChI=1S/C10H8Br2N4O/c11-5-1-2-6(12)7(3-5)14-10(17)8-4-9(13)16-15-8/h1-4H,(H,14,17)(H3,13,15,16). The van der Waals surface area contributed by atoms with Crippen LogP contribution in [0.2, 0.25) is 0 Å². The average Bonchev–Trinajstić information content (AvgIpc) is 2.70. The number of benzene rings is 1. The molecule has 2 rings (SSSR count). The number of nitrogens with one attached hydrogen (secondary N) is 2. The Hall–Kier alpha value is -1.34. The summed E-state index contributed by atoms with van der Waals surface area (Å²) in [5.41, 5.74) is 6.40. The Labute approximate surface area is 114 Å². The molecule has 1 aromatic carbocycles. The van der Waals surface area contributed by atoms with Crippen molar-refractivity contribution >= 4 is 49.3 Å². The molecule has 88 valence electrons. The fourth-order valence-electron chi connectivity index (χ4n) is 1.24. The fourth-order valence-corrected chi connectivity index (χ4v) is 1.94. The van der Waals surface area contributed by atoms with Gasteiger partial charge in [0, 0.05) is 15.0 Å². The van der Waals surface area contributed by atoms with E-state index in [-0.39, 0.29) is 11.7 Å². The van der Waals surface area contributed by atoms with Crippen molar-refractivity contribution in [2.75, 3.05) is 11.1 Å². The lowest BCUT2D eigenvalue weighted by atomic mass is 10.3. The molecule has 2 aromatic rings. The van der Waals surface area contributed by atoms with Gasteiger partial charge in [0.25, 0.3) is 5.91 Å². The molecular formula is C10H8Br2N4O. The topological polar surface area (TPSA) is 83.8 Å². The van der Waals surface area contributed by atoms with Gasteiger partial charge in [-0.1, -0.05) is 15.9 Å². The summed E-state index contributed by atoms with van der Waals surface area (Å²) in [4.78, 5) is 11.8. The average molecular weight is 360 g/mol. The highest BCUT2D eigenvalue weighted by molar-refractivity contribution is 9.11. The number of hydrogen-bond acceptors (Lipinski definition) is 3. The van der Waals surface area contributed by atoms with Gasteiger partial charge in [-0.2, -0.15) is 5.10 Å². The lowest BCUT2D eigenvalue weighted by Gasteiger charge is -2.06. The number of aromatic amines is 1. The first kappa shape index (κ1) is 12.1. The van der Waals surface area contributed by atoms with Crippen LogP contribution >= 0.6 is 31.9 Å². The van der Waals surface area contributed by atoms with Gasteiger partial charge in [0.1, 0.15) is 11.5 Å².